The summed E-state index contributed by atoms with van der Waals surface area (Å²) in [6, 6.07) is 7.99. The smallest absolute Gasteiger partial charge is 0.311 e. The lowest BCUT2D eigenvalue weighted by Crippen LogP contribution is -2.12. The molecular formula is C19H21N3O3S. The summed E-state index contributed by atoms with van der Waals surface area (Å²) in [5.74, 6) is -0.629. The Hall–Kier alpha value is -2.67. The van der Waals surface area contributed by atoms with Gasteiger partial charge in [0.1, 0.15) is 5.69 Å². The molecule has 3 rings (SSSR count). The molecule has 0 aliphatic heterocycles. The fraction of sp³-hybridized carbons (Fsp3) is 0.316. The SMILES string of the molecule is COC(=O)Cc1csc(NC(=O)c2cc3ccc(C(C)(C)C)cc3[nH]2)n1. The van der Waals surface area contributed by atoms with Crippen molar-refractivity contribution in [3.63, 3.8) is 0 Å². The second-order valence-corrected chi connectivity index (χ2v) is 7.94. The van der Waals surface area contributed by atoms with Gasteiger partial charge in [0.05, 0.1) is 19.2 Å². The first-order chi connectivity index (χ1) is 12.3. The summed E-state index contributed by atoms with van der Waals surface area (Å²) >= 11 is 1.27. The molecule has 6 nitrogen and oxygen atoms in total. The van der Waals surface area contributed by atoms with Gasteiger partial charge in [0.25, 0.3) is 5.91 Å². The maximum Gasteiger partial charge on any atom is 0.311 e. The van der Waals surface area contributed by atoms with Gasteiger partial charge in [-0.2, -0.15) is 0 Å². The first-order valence-corrected chi connectivity index (χ1v) is 9.10. The van der Waals surface area contributed by atoms with E-state index < -0.39 is 0 Å². The number of rotatable bonds is 4. The van der Waals surface area contributed by atoms with Crippen LogP contribution in [0.2, 0.25) is 0 Å². The Bertz CT molecular complexity index is 966. The number of hydrogen-bond donors (Lipinski definition) is 2. The van der Waals surface area contributed by atoms with Gasteiger partial charge in [-0.05, 0) is 23.1 Å². The normalized spacial score (nSPS) is 11.5. The Morgan fingerprint density at radius 2 is 2.04 bits per heavy atom. The summed E-state index contributed by atoms with van der Waals surface area (Å²) in [6.45, 7) is 6.46. The molecule has 0 saturated heterocycles. The summed E-state index contributed by atoms with van der Waals surface area (Å²) in [6.07, 6.45) is 0.0881. The Labute approximate surface area is 155 Å². The minimum Gasteiger partial charge on any atom is -0.469 e. The number of esters is 1. The van der Waals surface area contributed by atoms with Crippen LogP contribution >= 0.6 is 11.3 Å². The number of methoxy groups -OCH3 is 1. The number of H-pyrrole nitrogens is 1. The van der Waals surface area contributed by atoms with E-state index in [9.17, 15) is 9.59 Å². The standard InChI is InChI=1S/C19H21N3O3S/c1-19(2,3)12-6-5-11-7-15(21-14(11)8-12)17(24)22-18-20-13(10-26-18)9-16(23)25-4/h5-8,10,21H,9H2,1-4H3,(H,20,22,24). The van der Waals surface area contributed by atoms with Crippen molar-refractivity contribution in [2.24, 2.45) is 0 Å². The minimum absolute atomic E-state index is 0.0403. The van der Waals surface area contributed by atoms with Crippen molar-refractivity contribution in [2.45, 2.75) is 32.6 Å². The molecule has 0 fully saturated rings. The quantitative estimate of drug-likeness (QED) is 0.682. The third-order valence-electron chi connectivity index (χ3n) is 4.06. The van der Waals surface area contributed by atoms with E-state index in [2.05, 4.69) is 52.9 Å². The van der Waals surface area contributed by atoms with Gasteiger partial charge in [-0.25, -0.2) is 4.98 Å². The lowest BCUT2D eigenvalue weighted by molar-refractivity contribution is -0.139. The zero-order valence-electron chi connectivity index (χ0n) is 15.2. The van der Waals surface area contributed by atoms with Crippen molar-refractivity contribution in [3.8, 4) is 0 Å². The number of nitrogens with one attached hydrogen (secondary N) is 2. The van der Waals surface area contributed by atoms with E-state index in [1.54, 1.807) is 5.38 Å². The topological polar surface area (TPSA) is 84.1 Å². The number of thiazole rings is 1. The van der Waals surface area contributed by atoms with Gasteiger partial charge >= 0.3 is 5.97 Å². The van der Waals surface area contributed by atoms with E-state index in [-0.39, 0.29) is 23.7 Å². The number of benzene rings is 1. The molecule has 3 aromatic rings. The molecule has 1 aromatic carbocycles. The van der Waals surface area contributed by atoms with Gasteiger partial charge in [0.2, 0.25) is 0 Å². The van der Waals surface area contributed by atoms with Gasteiger partial charge < -0.3 is 9.72 Å². The largest absolute Gasteiger partial charge is 0.469 e. The first-order valence-electron chi connectivity index (χ1n) is 8.22. The highest BCUT2D eigenvalue weighted by atomic mass is 32.1. The third-order valence-corrected chi connectivity index (χ3v) is 4.86. The summed E-state index contributed by atoms with van der Waals surface area (Å²) in [5.41, 5.74) is 3.21. The number of fused-ring (bicyclic) bond motifs is 1. The van der Waals surface area contributed by atoms with Crippen molar-refractivity contribution in [1.82, 2.24) is 9.97 Å². The van der Waals surface area contributed by atoms with Crippen LogP contribution in [0.15, 0.2) is 29.6 Å². The van der Waals surface area contributed by atoms with Crippen LogP contribution < -0.4 is 5.32 Å². The van der Waals surface area contributed by atoms with E-state index in [1.807, 2.05) is 12.1 Å². The maximum absolute atomic E-state index is 12.5. The summed E-state index contributed by atoms with van der Waals surface area (Å²) in [4.78, 5) is 31.2. The molecule has 2 N–H and O–H groups in total. The Kier molecular flexibility index (Phi) is 4.82. The molecule has 2 aromatic heterocycles. The molecule has 2 heterocycles. The average molecular weight is 371 g/mol. The number of aromatic nitrogens is 2. The number of nitrogens with zero attached hydrogens (tertiary/aromatic N) is 1. The second-order valence-electron chi connectivity index (χ2n) is 7.09. The highest BCUT2D eigenvalue weighted by Crippen LogP contribution is 2.26. The van der Waals surface area contributed by atoms with Gasteiger partial charge in [-0.3, -0.25) is 14.9 Å². The van der Waals surface area contributed by atoms with Gasteiger partial charge in [-0.1, -0.05) is 32.9 Å². The minimum atomic E-state index is -0.363. The number of amides is 1. The van der Waals surface area contributed by atoms with Crippen LogP contribution in [0.5, 0.6) is 0 Å². The predicted molar refractivity (Wildman–Crippen MR) is 103 cm³/mol. The highest BCUT2D eigenvalue weighted by molar-refractivity contribution is 7.14. The van der Waals surface area contributed by atoms with Crippen LogP contribution in [-0.2, 0) is 21.4 Å². The van der Waals surface area contributed by atoms with Crippen LogP contribution in [-0.4, -0.2) is 29.0 Å². The van der Waals surface area contributed by atoms with Crippen LogP contribution in [0.1, 0.15) is 42.5 Å². The zero-order chi connectivity index (χ0) is 18.9. The molecular weight excluding hydrogens is 350 g/mol. The average Bonchev–Trinajstić information content (AvgIpc) is 3.19. The molecule has 0 spiro atoms. The van der Waals surface area contributed by atoms with Crippen molar-refractivity contribution < 1.29 is 14.3 Å². The molecule has 136 valence electrons. The maximum atomic E-state index is 12.5. The molecule has 1 amide bonds. The van der Waals surface area contributed by atoms with Crippen molar-refractivity contribution in [1.29, 1.82) is 0 Å². The fourth-order valence-corrected chi connectivity index (χ4v) is 3.25. The molecule has 0 atom stereocenters. The summed E-state index contributed by atoms with van der Waals surface area (Å²) in [7, 11) is 1.33. The molecule has 0 aliphatic rings. The molecule has 0 radical (unpaired) electrons. The molecule has 0 saturated carbocycles. The second kappa shape index (κ2) is 6.92. The molecule has 0 aliphatic carbocycles. The Morgan fingerprint density at radius 1 is 1.27 bits per heavy atom. The number of hydrogen-bond acceptors (Lipinski definition) is 5. The van der Waals surface area contributed by atoms with Crippen molar-refractivity contribution in [2.75, 3.05) is 12.4 Å². The molecule has 7 heteroatoms. The van der Waals surface area contributed by atoms with Crippen LogP contribution in [0.25, 0.3) is 10.9 Å². The Morgan fingerprint density at radius 3 is 2.73 bits per heavy atom. The first kappa shape index (κ1) is 18.1. The number of anilines is 1. The monoisotopic (exact) mass is 371 g/mol. The fourth-order valence-electron chi connectivity index (χ4n) is 2.55. The summed E-state index contributed by atoms with van der Waals surface area (Å²) in [5, 5.41) is 5.92. The number of ether oxygens (including phenoxy) is 1. The van der Waals surface area contributed by atoms with E-state index in [0.29, 0.717) is 16.5 Å². The van der Waals surface area contributed by atoms with Crippen LogP contribution in [0.4, 0.5) is 5.13 Å². The highest BCUT2D eigenvalue weighted by Gasteiger charge is 2.16. The molecule has 0 unspecified atom stereocenters. The lowest BCUT2D eigenvalue weighted by atomic mass is 9.87. The van der Waals surface area contributed by atoms with E-state index in [4.69, 9.17) is 0 Å². The van der Waals surface area contributed by atoms with Gasteiger partial charge in [0, 0.05) is 16.3 Å². The summed E-state index contributed by atoms with van der Waals surface area (Å²) < 4.78 is 4.61. The lowest BCUT2D eigenvalue weighted by Gasteiger charge is -2.18. The van der Waals surface area contributed by atoms with E-state index in [1.165, 1.54) is 24.0 Å². The van der Waals surface area contributed by atoms with Crippen LogP contribution in [0, 0.1) is 0 Å². The molecule has 26 heavy (non-hydrogen) atoms. The molecule has 0 bridgehead atoms. The Balaban J connectivity index is 1.76. The zero-order valence-corrected chi connectivity index (χ0v) is 16.0. The van der Waals surface area contributed by atoms with Gasteiger partial charge in [-0.15, -0.1) is 11.3 Å². The third kappa shape index (κ3) is 3.94. The van der Waals surface area contributed by atoms with Gasteiger partial charge in [0.15, 0.2) is 5.13 Å². The van der Waals surface area contributed by atoms with E-state index in [0.717, 1.165) is 10.9 Å². The number of carbonyl (C=O) groups excluding carboxylic acids is 2. The number of aromatic amines is 1. The van der Waals surface area contributed by atoms with Crippen molar-refractivity contribution in [3.05, 3.63) is 46.6 Å². The predicted octanol–water partition coefficient (Wildman–Crippen LogP) is 3.89. The number of carbonyl (C=O) groups is 2. The van der Waals surface area contributed by atoms with Crippen LogP contribution in [0.3, 0.4) is 0 Å². The van der Waals surface area contributed by atoms with Crippen molar-refractivity contribution >= 4 is 39.2 Å². The van der Waals surface area contributed by atoms with E-state index >= 15 is 0 Å².